The van der Waals surface area contributed by atoms with E-state index < -0.39 is 0 Å². The van der Waals surface area contributed by atoms with E-state index >= 15 is 0 Å². The molecule has 2 atom stereocenters. The highest BCUT2D eigenvalue weighted by molar-refractivity contribution is 7.81. The van der Waals surface area contributed by atoms with Crippen LogP contribution in [0.25, 0.3) is 0 Å². The lowest BCUT2D eigenvalue weighted by Gasteiger charge is -2.40. The van der Waals surface area contributed by atoms with Crippen molar-refractivity contribution in [3.05, 3.63) is 35.1 Å². The summed E-state index contributed by atoms with van der Waals surface area (Å²) in [5, 5.41) is 3.64. The quantitative estimate of drug-likeness (QED) is 0.791. The number of thiol groups is 1. The summed E-state index contributed by atoms with van der Waals surface area (Å²) in [6.07, 6.45) is 5.64. The van der Waals surface area contributed by atoms with Gasteiger partial charge in [0, 0.05) is 10.8 Å². The summed E-state index contributed by atoms with van der Waals surface area (Å²) >= 11 is 4.67. The van der Waals surface area contributed by atoms with Crippen LogP contribution in [0.4, 0.5) is 4.39 Å². The lowest BCUT2D eigenvalue weighted by Crippen LogP contribution is -2.46. The predicted octanol–water partition coefficient (Wildman–Crippen LogP) is 3.76. The summed E-state index contributed by atoms with van der Waals surface area (Å²) in [4.78, 5) is 0. The van der Waals surface area contributed by atoms with Gasteiger partial charge in [-0.05, 0) is 67.3 Å². The Balaban J connectivity index is 1.75. The van der Waals surface area contributed by atoms with Gasteiger partial charge < -0.3 is 5.32 Å². The zero-order valence-electron chi connectivity index (χ0n) is 12.4. The Morgan fingerprint density at radius 2 is 2.10 bits per heavy atom. The van der Waals surface area contributed by atoms with Crippen LogP contribution in [0, 0.1) is 11.2 Å². The molecule has 2 aliphatic rings. The van der Waals surface area contributed by atoms with E-state index in [-0.39, 0.29) is 10.6 Å². The van der Waals surface area contributed by atoms with Gasteiger partial charge in [0.1, 0.15) is 5.82 Å². The first kappa shape index (κ1) is 14.4. The van der Waals surface area contributed by atoms with Crippen LogP contribution in [-0.4, -0.2) is 17.3 Å². The molecule has 1 aliphatic carbocycles. The van der Waals surface area contributed by atoms with Crippen LogP contribution in [0.2, 0.25) is 0 Å². The average Bonchev–Trinajstić information content (AvgIpc) is 2.63. The van der Waals surface area contributed by atoms with Crippen LogP contribution in [0.5, 0.6) is 0 Å². The molecule has 0 aromatic heterocycles. The van der Waals surface area contributed by atoms with Crippen molar-refractivity contribution in [3.63, 3.8) is 0 Å². The first-order valence-electron chi connectivity index (χ1n) is 7.58. The molecule has 1 nitrogen and oxygen atoms in total. The Kier molecular flexibility index (Phi) is 3.62. The summed E-state index contributed by atoms with van der Waals surface area (Å²) in [5.74, 6) is -0.0947. The number of piperidine rings is 1. The number of benzene rings is 1. The molecule has 1 aromatic carbocycles. The van der Waals surface area contributed by atoms with Gasteiger partial charge in [-0.15, -0.1) is 0 Å². The molecule has 0 bridgehead atoms. The van der Waals surface area contributed by atoms with Gasteiger partial charge in [0.2, 0.25) is 0 Å². The Bertz CT molecular complexity index is 508. The Morgan fingerprint density at radius 1 is 1.35 bits per heavy atom. The zero-order valence-corrected chi connectivity index (χ0v) is 13.3. The maximum Gasteiger partial charge on any atom is 0.123 e. The second kappa shape index (κ2) is 5.03. The van der Waals surface area contributed by atoms with Crippen LogP contribution < -0.4 is 5.32 Å². The van der Waals surface area contributed by atoms with E-state index in [2.05, 4.69) is 31.8 Å². The van der Waals surface area contributed by atoms with Crippen molar-refractivity contribution < 1.29 is 4.39 Å². The third-order valence-corrected chi connectivity index (χ3v) is 5.00. The molecule has 1 saturated heterocycles. The largest absolute Gasteiger partial charge is 0.314 e. The van der Waals surface area contributed by atoms with Crippen LogP contribution in [0.3, 0.4) is 0 Å². The molecule has 0 radical (unpaired) electrons. The maximum absolute atomic E-state index is 13.4. The molecular formula is C17H24FNS. The lowest BCUT2D eigenvalue weighted by atomic mass is 9.72. The molecule has 3 rings (SSSR count). The van der Waals surface area contributed by atoms with Crippen molar-refractivity contribution in [1.82, 2.24) is 5.32 Å². The van der Waals surface area contributed by atoms with Gasteiger partial charge in [0.25, 0.3) is 0 Å². The second-order valence-corrected chi connectivity index (χ2v) is 8.60. The average molecular weight is 293 g/mol. The molecule has 20 heavy (non-hydrogen) atoms. The highest BCUT2D eigenvalue weighted by Crippen LogP contribution is 2.45. The molecule has 2 unspecified atom stereocenters. The number of rotatable bonds is 2. The van der Waals surface area contributed by atoms with E-state index in [1.807, 2.05) is 6.07 Å². The van der Waals surface area contributed by atoms with Crippen molar-refractivity contribution in [2.24, 2.45) is 5.41 Å². The fourth-order valence-corrected chi connectivity index (χ4v) is 4.33. The van der Waals surface area contributed by atoms with Crippen molar-refractivity contribution in [3.8, 4) is 0 Å². The zero-order chi connectivity index (χ0) is 14.4. The minimum atomic E-state index is -0.0947. The number of hydrogen-bond acceptors (Lipinski definition) is 2. The Labute approximate surface area is 126 Å². The molecule has 1 fully saturated rings. The molecule has 110 valence electrons. The van der Waals surface area contributed by atoms with E-state index in [9.17, 15) is 4.39 Å². The summed E-state index contributed by atoms with van der Waals surface area (Å²) in [6.45, 7) is 5.43. The molecule has 3 heteroatoms. The van der Waals surface area contributed by atoms with Crippen LogP contribution in [0.15, 0.2) is 18.2 Å². The SMILES string of the molecule is CC(C)(S)CC1CC2(CCN1)Cc1ccc(F)cc1C2. The van der Waals surface area contributed by atoms with Gasteiger partial charge in [-0.1, -0.05) is 19.9 Å². The molecule has 1 N–H and O–H groups in total. The third-order valence-electron chi connectivity index (χ3n) is 4.81. The van der Waals surface area contributed by atoms with E-state index in [0.717, 1.165) is 25.8 Å². The smallest absolute Gasteiger partial charge is 0.123 e. The fourth-order valence-electron chi connectivity index (χ4n) is 4.11. The van der Waals surface area contributed by atoms with Crippen molar-refractivity contribution in [2.45, 2.75) is 56.7 Å². The van der Waals surface area contributed by atoms with E-state index in [1.165, 1.54) is 24.0 Å². The minimum absolute atomic E-state index is 0.0633. The minimum Gasteiger partial charge on any atom is -0.314 e. The topological polar surface area (TPSA) is 12.0 Å². The van der Waals surface area contributed by atoms with Crippen LogP contribution in [0.1, 0.15) is 44.2 Å². The predicted molar refractivity (Wildman–Crippen MR) is 84.9 cm³/mol. The monoisotopic (exact) mass is 293 g/mol. The number of nitrogens with one attached hydrogen (secondary N) is 1. The molecule has 1 aromatic rings. The Morgan fingerprint density at radius 3 is 2.85 bits per heavy atom. The van der Waals surface area contributed by atoms with Crippen LogP contribution >= 0.6 is 12.6 Å². The van der Waals surface area contributed by atoms with Crippen molar-refractivity contribution in [1.29, 1.82) is 0 Å². The highest BCUT2D eigenvalue weighted by Gasteiger charge is 2.41. The molecule has 0 amide bonds. The van der Waals surface area contributed by atoms with E-state index in [0.29, 0.717) is 11.5 Å². The molecule has 1 spiro atoms. The molecular weight excluding hydrogens is 269 g/mol. The summed E-state index contributed by atoms with van der Waals surface area (Å²) in [6, 6.07) is 5.87. The van der Waals surface area contributed by atoms with Crippen LogP contribution in [-0.2, 0) is 12.8 Å². The standard InChI is InChI=1S/C17H24FNS/c1-16(2,20)10-15-11-17(5-6-19-15)8-12-3-4-14(18)7-13(12)9-17/h3-4,7,15,19-20H,5-6,8-11H2,1-2H3. The second-order valence-electron chi connectivity index (χ2n) is 7.39. The van der Waals surface area contributed by atoms with Gasteiger partial charge >= 0.3 is 0 Å². The Hall–Kier alpha value is -0.540. The molecule has 1 aliphatic heterocycles. The van der Waals surface area contributed by atoms with E-state index in [4.69, 9.17) is 0 Å². The number of hydrogen-bond donors (Lipinski definition) is 2. The number of fused-ring (bicyclic) bond motifs is 1. The summed E-state index contributed by atoms with van der Waals surface area (Å²) < 4.78 is 13.5. The molecule has 1 heterocycles. The van der Waals surface area contributed by atoms with Gasteiger partial charge in [-0.2, -0.15) is 12.6 Å². The van der Waals surface area contributed by atoms with E-state index in [1.54, 1.807) is 12.1 Å². The summed E-state index contributed by atoms with van der Waals surface area (Å²) in [7, 11) is 0. The lowest BCUT2D eigenvalue weighted by molar-refractivity contribution is 0.165. The normalized spacial score (nSPS) is 29.7. The first-order chi connectivity index (χ1) is 9.35. The summed E-state index contributed by atoms with van der Waals surface area (Å²) in [5.41, 5.74) is 2.94. The maximum atomic E-state index is 13.4. The van der Waals surface area contributed by atoms with Crippen molar-refractivity contribution in [2.75, 3.05) is 6.54 Å². The van der Waals surface area contributed by atoms with Gasteiger partial charge in [-0.25, -0.2) is 4.39 Å². The fraction of sp³-hybridized carbons (Fsp3) is 0.647. The van der Waals surface area contributed by atoms with Crippen molar-refractivity contribution >= 4 is 12.6 Å². The van der Waals surface area contributed by atoms with Gasteiger partial charge in [-0.3, -0.25) is 0 Å². The highest BCUT2D eigenvalue weighted by atomic mass is 32.1. The van der Waals surface area contributed by atoms with Gasteiger partial charge in [0.05, 0.1) is 0 Å². The number of halogens is 1. The molecule has 0 saturated carbocycles. The van der Waals surface area contributed by atoms with Gasteiger partial charge in [0.15, 0.2) is 0 Å². The third kappa shape index (κ3) is 3.04. The first-order valence-corrected chi connectivity index (χ1v) is 8.03.